The zero-order valence-electron chi connectivity index (χ0n) is 15.8. The molecule has 1 saturated heterocycles. The Morgan fingerprint density at radius 2 is 1.86 bits per heavy atom. The molecule has 2 N–H and O–H groups in total. The number of hydrogen-bond donors (Lipinski definition) is 2. The molecule has 1 aromatic carbocycles. The molecule has 2 heterocycles. The Morgan fingerprint density at radius 1 is 1.14 bits per heavy atom. The van der Waals surface area contributed by atoms with Crippen LogP contribution in [0.15, 0.2) is 29.2 Å². The van der Waals surface area contributed by atoms with Crippen LogP contribution in [0.1, 0.15) is 37.6 Å². The molecule has 0 atom stereocenters. The van der Waals surface area contributed by atoms with Crippen molar-refractivity contribution < 1.29 is 13.2 Å². The van der Waals surface area contributed by atoms with Gasteiger partial charge in [0.25, 0.3) is 10.0 Å². The van der Waals surface area contributed by atoms with Gasteiger partial charge < -0.3 is 10.2 Å². The maximum atomic E-state index is 12.4. The predicted molar refractivity (Wildman–Crippen MR) is 110 cm³/mol. The van der Waals surface area contributed by atoms with Crippen molar-refractivity contribution in [3.8, 4) is 0 Å². The van der Waals surface area contributed by atoms with E-state index < -0.39 is 10.0 Å². The molecule has 1 fully saturated rings. The molecule has 0 radical (unpaired) electrons. The van der Waals surface area contributed by atoms with E-state index >= 15 is 0 Å². The number of benzene rings is 1. The third-order valence-electron chi connectivity index (χ3n) is 4.54. The standard InChI is InChI=1S/C18H25N5O3S2/c1-2-17-20-21-18(27-17)22-28(25,26)15-8-6-14(7-9-15)19-16(24)10-13-23-11-4-3-5-12-23/h6-9H,2-5,10-13H2,1H3,(H,19,24)(H,21,22). The molecule has 152 valence electrons. The number of anilines is 2. The molecule has 0 unspecified atom stereocenters. The highest BCUT2D eigenvalue weighted by atomic mass is 32.2. The Hall–Kier alpha value is -2.04. The summed E-state index contributed by atoms with van der Waals surface area (Å²) >= 11 is 1.21. The lowest BCUT2D eigenvalue weighted by atomic mass is 10.1. The van der Waals surface area contributed by atoms with E-state index in [0.717, 1.165) is 24.6 Å². The number of rotatable bonds is 8. The van der Waals surface area contributed by atoms with Crippen molar-refractivity contribution in [2.45, 2.75) is 43.9 Å². The number of carbonyl (C=O) groups excluding carboxylic acids is 1. The molecule has 10 heteroatoms. The Morgan fingerprint density at radius 3 is 2.50 bits per heavy atom. The van der Waals surface area contributed by atoms with Crippen LogP contribution in [-0.4, -0.2) is 49.1 Å². The number of aryl methyl sites for hydroxylation is 1. The quantitative estimate of drug-likeness (QED) is 0.676. The molecule has 0 bridgehead atoms. The number of likely N-dealkylation sites (tertiary alicyclic amines) is 1. The summed E-state index contributed by atoms with van der Waals surface area (Å²) in [6.45, 7) is 4.80. The summed E-state index contributed by atoms with van der Waals surface area (Å²) in [5, 5.41) is 11.6. The lowest BCUT2D eigenvalue weighted by Gasteiger charge is -2.25. The number of amides is 1. The summed E-state index contributed by atoms with van der Waals surface area (Å²) in [5.74, 6) is -0.0692. The van der Waals surface area contributed by atoms with Crippen LogP contribution < -0.4 is 10.0 Å². The van der Waals surface area contributed by atoms with Gasteiger partial charge in [-0.25, -0.2) is 8.42 Å². The summed E-state index contributed by atoms with van der Waals surface area (Å²) in [4.78, 5) is 14.5. The first-order valence-electron chi connectivity index (χ1n) is 9.44. The molecule has 3 rings (SSSR count). The van der Waals surface area contributed by atoms with Gasteiger partial charge >= 0.3 is 0 Å². The Bertz CT molecular complexity index is 890. The largest absolute Gasteiger partial charge is 0.326 e. The Balaban J connectivity index is 1.53. The third-order valence-corrected chi connectivity index (χ3v) is 7.01. The van der Waals surface area contributed by atoms with E-state index in [2.05, 4.69) is 25.1 Å². The highest BCUT2D eigenvalue weighted by Crippen LogP contribution is 2.21. The molecule has 0 aliphatic carbocycles. The topological polar surface area (TPSA) is 104 Å². The Labute approximate surface area is 169 Å². The second-order valence-electron chi connectivity index (χ2n) is 6.68. The predicted octanol–water partition coefficient (Wildman–Crippen LogP) is 2.72. The van der Waals surface area contributed by atoms with Gasteiger partial charge in [-0.1, -0.05) is 24.7 Å². The first kappa shape index (κ1) is 20.7. The number of nitrogens with one attached hydrogen (secondary N) is 2. The Kier molecular flexibility index (Phi) is 6.97. The molecular formula is C18H25N5O3S2. The fourth-order valence-corrected chi connectivity index (χ4v) is 4.90. The molecule has 8 nitrogen and oxygen atoms in total. The number of sulfonamides is 1. The molecule has 1 aliphatic rings. The van der Waals surface area contributed by atoms with E-state index in [9.17, 15) is 13.2 Å². The molecular weight excluding hydrogens is 398 g/mol. The second-order valence-corrected chi connectivity index (χ2v) is 9.43. The minimum absolute atomic E-state index is 0.0692. The van der Waals surface area contributed by atoms with Crippen molar-refractivity contribution in [1.29, 1.82) is 0 Å². The molecule has 1 aliphatic heterocycles. The molecule has 2 aromatic rings. The monoisotopic (exact) mass is 423 g/mol. The van der Waals surface area contributed by atoms with E-state index in [1.165, 1.54) is 42.7 Å². The van der Waals surface area contributed by atoms with Crippen molar-refractivity contribution >= 4 is 38.1 Å². The number of piperidine rings is 1. The van der Waals surface area contributed by atoms with E-state index in [1.54, 1.807) is 12.1 Å². The highest BCUT2D eigenvalue weighted by molar-refractivity contribution is 7.93. The van der Waals surface area contributed by atoms with Crippen molar-refractivity contribution in [3.63, 3.8) is 0 Å². The number of carbonyl (C=O) groups is 1. The van der Waals surface area contributed by atoms with Gasteiger partial charge in [-0.2, -0.15) is 0 Å². The van der Waals surface area contributed by atoms with Crippen LogP contribution in [0.3, 0.4) is 0 Å². The minimum atomic E-state index is -3.74. The van der Waals surface area contributed by atoms with Crippen LogP contribution in [0.5, 0.6) is 0 Å². The number of nitrogens with zero attached hydrogens (tertiary/aromatic N) is 3. The number of aromatic nitrogens is 2. The van der Waals surface area contributed by atoms with Gasteiger partial charge in [0.2, 0.25) is 11.0 Å². The van der Waals surface area contributed by atoms with Crippen LogP contribution >= 0.6 is 11.3 Å². The first-order chi connectivity index (χ1) is 13.5. The smallest absolute Gasteiger partial charge is 0.263 e. The minimum Gasteiger partial charge on any atom is -0.326 e. The highest BCUT2D eigenvalue weighted by Gasteiger charge is 2.17. The fraction of sp³-hybridized carbons (Fsp3) is 0.500. The summed E-state index contributed by atoms with van der Waals surface area (Å²) in [6, 6.07) is 6.10. The van der Waals surface area contributed by atoms with E-state index in [-0.39, 0.29) is 15.9 Å². The lowest BCUT2D eigenvalue weighted by molar-refractivity contribution is -0.116. The summed E-state index contributed by atoms with van der Waals surface area (Å²) in [5.41, 5.74) is 0.576. The van der Waals surface area contributed by atoms with Crippen molar-refractivity contribution in [3.05, 3.63) is 29.3 Å². The van der Waals surface area contributed by atoms with Gasteiger partial charge in [-0.15, -0.1) is 10.2 Å². The van der Waals surface area contributed by atoms with Crippen LogP contribution in [0.4, 0.5) is 10.8 Å². The summed E-state index contributed by atoms with van der Waals surface area (Å²) in [7, 11) is -3.74. The van der Waals surface area contributed by atoms with Gasteiger partial charge in [0, 0.05) is 18.7 Å². The van der Waals surface area contributed by atoms with Crippen LogP contribution in [0, 0.1) is 0 Å². The molecule has 0 spiro atoms. The summed E-state index contributed by atoms with van der Waals surface area (Å²) < 4.78 is 27.3. The average molecular weight is 424 g/mol. The van der Waals surface area contributed by atoms with E-state index in [1.807, 2.05) is 6.92 Å². The maximum absolute atomic E-state index is 12.4. The summed E-state index contributed by atoms with van der Waals surface area (Å²) in [6.07, 6.45) is 4.79. The van der Waals surface area contributed by atoms with Gasteiger partial charge in [0.05, 0.1) is 4.90 Å². The SMILES string of the molecule is CCc1nnc(NS(=O)(=O)c2ccc(NC(=O)CCN3CCCCC3)cc2)s1. The third kappa shape index (κ3) is 5.73. The normalized spacial score (nSPS) is 15.3. The zero-order valence-corrected chi connectivity index (χ0v) is 17.5. The van der Waals surface area contributed by atoms with Crippen LogP contribution in [-0.2, 0) is 21.2 Å². The fourth-order valence-electron chi connectivity index (χ4n) is 3.00. The van der Waals surface area contributed by atoms with Crippen LogP contribution in [0.25, 0.3) is 0 Å². The van der Waals surface area contributed by atoms with E-state index in [4.69, 9.17) is 0 Å². The first-order valence-corrected chi connectivity index (χ1v) is 11.7. The molecule has 28 heavy (non-hydrogen) atoms. The van der Waals surface area contributed by atoms with Crippen molar-refractivity contribution in [2.75, 3.05) is 29.7 Å². The van der Waals surface area contributed by atoms with Gasteiger partial charge in [0.1, 0.15) is 5.01 Å². The van der Waals surface area contributed by atoms with Gasteiger partial charge in [-0.3, -0.25) is 9.52 Å². The molecule has 1 aromatic heterocycles. The van der Waals surface area contributed by atoms with Crippen LogP contribution in [0.2, 0.25) is 0 Å². The number of hydrogen-bond acceptors (Lipinski definition) is 7. The van der Waals surface area contributed by atoms with Gasteiger partial charge in [0.15, 0.2) is 0 Å². The zero-order chi connectivity index (χ0) is 20.0. The average Bonchev–Trinajstić information content (AvgIpc) is 3.14. The van der Waals surface area contributed by atoms with E-state index in [0.29, 0.717) is 18.5 Å². The maximum Gasteiger partial charge on any atom is 0.263 e. The van der Waals surface area contributed by atoms with Crippen molar-refractivity contribution in [2.24, 2.45) is 0 Å². The van der Waals surface area contributed by atoms with Crippen molar-refractivity contribution in [1.82, 2.24) is 15.1 Å². The van der Waals surface area contributed by atoms with Gasteiger partial charge in [-0.05, 0) is 56.6 Å². The molecule has 1 amide bonds. The second kappa shape index (κ2) is 9.44. The molecule has 0 saturated carbocycles. The lowest BCUT2D eigenvalue weighted by Crippen LogP contribution is -2.32.